The molecule has 0 saturated carbocycles. The highest BCUT2D eigenvalue weighted by Crippen LogP contribution is 2.16. The Balaban J connectivity index is 1.87. The van der Waals surface area contributed by atoms with Crippen LogP contribution in [0.15, 0.2) is 29.4 Å². The molecule has 1 N–H and O–H groups in total. The minimum absolute atomic E-state index is 0.0742. The van der Waals surface area contributed by atoms with Crippen molar-refractivity contribution in [2.24, 2.45) is 5.92 Å². The molecule has 2 aromatic rings. The first-order chi connectivity index (χ1) is 11.5. The van der Waals surface area contributed by atoms with Gasteiger partial charge in [0.15, 0.2) is 5.16 Å². The van der Waals surface area contributed by atoms with E-state index in [1.54, 1.807) is 23.9 Å². The maximum atomic E-state index is 13.5. The molecule has 1 heterocycles. The van der Waals surface area contributed by atoms with Gasteiger partial charge >= 0.3 is 0 Å². The number of thioether (sulfide) groups is 1. The van der Waals surface area contributed by atoms with Crippen molar-refractivity contribution < 1.29 is 9.18 Å². The quantitative estimate of drug-likeness (QED) is 0.587. The molecule has 24 heavy (non-hydrogen) atoms. The fraction of sp³-hybridized carbons (Fsp3) is 0.471. The Kier molecular flexibility index (Phi) is 6.78. The third-order valence-corrected chi connectivity index (χ3v) is 4.17. The molecule has 2 rings (SSSR count). The average molecular weight is 350 g/mol. The number of carbonyl (C=O) groups is 1. The van der Waals surface area contributed by atoms with Crippen LogP contribution in [-0.2, 0) is 13.0 Å². The molecule has 0 saturated heterocycles. The highest BCUT2D eigenvalue weighted by Gasteiger charge is 2.13. The molecule has 1 aromatic carbocycles. The molecule has 0 atom stereocenters. The van der Waals surface area contributed by atoms with Crippen LogP contribution < -0.4 is 5.32 Å². The summed E-state index contributed by atoms with van der Waals surface area (Å²) in [5.74, 6) is 0.539. The zero-order valence-electron chi connectivity index (χ0n) is 14.3. The summed E-state index contributed by atoms with van der Waals surface area (Å²) in [5, 5.41) is 12.1. The van der Waals surface area contributed by atoms with E-state index in [1.165, 1.54) is 12.1 Å². The molecule has 0 spiro atoms. The lowest BCUT2D eigenvalue weighted by Gasteiger charge is -2.11. The Hall–Kier alpha value is -1.89. The Morgan fingerprint density at radius 1 is 1.33 bits per heavy atom. The minimum atomic E-state index is -0.503. The van der Waals surface area contributed by atoms with Gasteiger partial charge in [-0.15, -0.1) is 10.2 Å². The summed E-state index contributed by atoms with van der Waals surface area (Å²) in [7, 11) is 0. The van der Waals surface area contributed by atoms with Gasteiger partial charge in [-0.05, 0) is 30.7 Å². The van der Waals surface area contributed by atoms with Crippen LogP contribution in [0.5, 0.6) is 0 Å². The van der Waals surface area contributed by atoms with Crippen molar-refractivity contribution >= 4 is 17.7 Å². The van der Waals surface area contributed by atoms with Crippen molar-refractivity contribution in [2.45, 2.75) is 38.4 Å². The lowest BCUT2D eigenvalue weighted by atomic mass is 10.2. The SMILES string of the molecule is CSc1nnc(CCCNC(=O)c2ccccc2F)n1CC(C)C. The molecular formula is C17H23FN4OS. The monoisotopic (exact) mass is 350 g/mol. The molecule has 1 amide bonds. The summed E-state index contributed by atoms with van der Waals surface area (Å²) in [5.41, 5.74) is 0.0742. The van der Waals surface area contributed by atoms with E-state index >= 15 is 0 Å². The van der Waals surface area contributed by atoms with Gasteiger partial charge in [0, 0.05) is 19.5 Å². The number of nitrogens with zero attached hydrogens (tertiary/aromatic N) is 3. The number of halogens is 1. The van der Waals surface area contributed by atoms with Gasteiger partial charge < -0.3 is 9.88 Å². The van der Waals surface area contributed by atoms with Crippen molar-refractivity contribution in [3.05, 3.63) is 41.5 Å². The molecule has 0 fully saturated rings. The predicted molar refractivity (Wildman–Crippen MR) is 93.7 cm³/mol. The fourth-order valence-electron chi connectivity index (χ4n) is 2.39. The second-order valence-electron chi connectivity index (χ2n) is 5.95. The van der Waals surface area contributed by atoms with E-state index in [-0.39, 0.29) is 11.5 Å². The summed E-state index contributed by atoms with van der Waals surface area (Å²) in [6, 6.07) is 5.98. The number of aromatic nitrogens is 3. The van der Waals surface area contributed by atoms with E-state index in [0.29, 0.717) is 12.5 Å². The summed E-state index contributed by atoms with van der Waals surface area (Å²) in [4.78, 5) is 12.0. The van der Waals surface area contributed by atoms with Gasteiger partial charge in [-0.2, -0.15) is 0 Å². The maximum Gasteiger partial charge on any atom is 0.254 e. The number of nitrogens with one attached hydrogen (secondary N) is 1. The zero-order valence-corrected chi connectivity index (χ0v) is 15.1. The number of rotatable bonds is 8. The minimum Gasteiger partial charge on any atom is -0.352 e. The van der Waals surface area contributed by atoms with Gasteiger partial charge in [0.1, 0.15) is 11.6 Å². The molecule has 0 aliphatic carbocycles. The molecule has 5 nitrogen and oxygen atoms in total. The standard InChI is InChI=1S/C17H23FN4OS/c1-12(2)11-22-15(20-21-17(22)24-3)9-6-10-19-16(23)13-7-4-5-8-14(13)18/h4-5,7-8,12H,6,9-11H2,1-3H3,(H,19,23). The predicted octanol–water partition coefficient (Wildman–Crippen LogP) is 3.16. The van der Waals surface area contributed by atoms with Crippen LogP contribution in [0, 0.1) is 11.7 Å². The van der Waals surface area contributed by atoms with Gasteiger partial charge in [-0.3, -0.25) is 4.79 Å². The Morgan fingerprint density at radius 3 is 2.75 bits per heavy atom. The number of carbonyl (C=O) groups excluding carboxylic acids is 1. The van der Waals surface area contributed by atoms with E-state index in [9.17, 15) is 9.18 Å². The van der Waals surface area contributed by atoms with Gasteiger partial charge in [0.05, 0.1) is 5.56 Å². The lowest BCUT2D eigenvalue weighted by molar-refractivity contribution is 0.0949. The Bertz CT molecular complexity index is 687. The molecule has 0 unspecified atom stereocenters. The van der Waals surface area contributed by atoms with E-state index in [4.69, 9.17) is 0 Å². The Morgan fingerprint density at radius 2 is 2.08 bits per heavy atom. The number of benzene rings is 1. The maximum absolute atomic E-state index is 13.5. The average Bonchev–Trinajstić information content (AvgIpc) is 2.93. The molecule has 130 valence electrons. The number of hydrogen-bond acceptors (Lipinski definition) is 4. The van der Waals surface area contributed by atoms with Gasteiger partial charge in [0.25, 0.3) is 5.91 Å². The van der Waals surface area contributed by atoms with Crippen molar-refractivity contribution in [1.82, 2.24) is 20.1 Å². The summed E-state index contributed by atoms with van der Waals surface area (Å²) >= 11 is 1.58. The van der Waals surface area contributed by atoms with Crippen LogP contribution >= 0.6 is 11.8 Å². The lowest BCUT2D eigenvalue weighted by Crippen LogP contribution is -2.26. The fourth-order valence-corrected chi connectivity index (χ4v) is 2.92. The number of amides is 1. The van der Waals surface area contributed by atoms with Crippen LogP contribution in [0.1, 0.15) is 36.5 Å². The molecular weight excluding hydrogens is 327 g/mol. The van der Waals surface area contributed by atoms with E-state index in [0.717, 1.165) is 30.4 Å². The normalized spacial score (nSPS) is 11.0. The van der Waals surface area contributed by atoms with Crippen molar-refractivity contribution in [1.29, 1.82) is 0 Å². The molecule has 0 radical (unpaired) electrons. The molecule has 0 aliphatic heterocycles. The molecule has 1 aromatic heterocycles. The number of aryl methyl sites for hydroxylation is 1. The van der Waals surface area contributed by atoms with E-state index in [2.05, 4.69) is 33.9 Å². The van der Waals surface area contributed by atoms with Crippen molar-refractivity contribution in [2.75, 3.05) is 12.8 Å². The Labute approximate surface area is 146 Å². The second kappa shape index (κ2) is 8.82. The van der Waals surface area contributed by atoms with E-state index in [1.807, 2.05) is 6.26 Å². The molecule has 0 bridgehead atoms. The highest BCUT2D eigenvalue weighted by molar-refractivity contribution is 7.98. The molecule has 0 aliphatic rings. The smallest absolute Gasteiger partial charge is 0.254 e. The summed E-state index contributed by atoms with van der Waals surface area (Å²) < 4.78 is 15.7. The van der Waals surface area contributed by atoms with Gasteiger partial charge in [-0.25, -0.2) is 4.39 Å². The van der Waals surface area contributed by atoms with E-state index < -0.39 is 5.82 Å². The van der Waals surface area contributed by atoms with Crippen LogP contribution in [0.3, 0.4) is 0 Å². The first-order valence-corrected chi connectivity index (χ1v) is 9.24. The van der Waals surface area contributed by atoms with Crippen molar-refractivity contribution in [3.8, 4) is 0 Å². The highest BCUT2D eigenvalue weighted by atomic mass is 32.2. The van der Waals surface area contributed by atoms with Crippen LogP contribution in [0.25, 0.3) is 0 Å². The van der Waals surface area contributed by atoms with Gasteiger partial charge in [0.2, 0.25) is 0 Å². The van der Waals surface area contributed by atoms with Crippen molar-refractivity contribution in [3.63, 3.8) is 0 Å². The third-order valence-electron chi connectivity index (χ3n) is 3.50. The summed E-state index contributed by atoms with van der Waals surface area (Å²) in [6.45, 7) is 5.65. The number of hydrogen-bond donors (Lipinski definition) is 1. The first-order valence-electron chi connectivity index (χ1n) is 8.01. The first kappa shape index (κ1) is 18.4. The second-order valence-corrected chi connectivity index (χ2v) is 6.72. The molecule has 7 heteroatoms. The van der Waals surface area contributed by atoms with Gasteiger partial charge in [-0.1, -0.05) is 37.7 Å². The largest absolute Gasteiger partial charge is 0.352 e. The third kappa shape index (κ3) is 4.80. The topological polar surface area (TPSA) is 59.8 Å². The van der Waals surface area contributed by atoms with Crippen LogP contribution in [-0.4, -0.2) is 33.5 Å². The zero-order chi connectivity index (χ0) is 17.5. The van der Waals surface area contributed by atoms with Crippen LogP contribution in [0.2, 0.25) is 0 Å². The summed E-state index contributed by atoms with van der Waals surface area (Å²) in [6.07, 6.45) is 3.43. The van der Waals surface area contributed by atoms with Crippen LogP contribution in [0.4, 0.5) is 4.39 Å².